The monoisotopic (exact) mass is 381 g/mol. The third kappa shape index (κ3) is 3.38. The van der Waals surface area contributed by atoms with Crippen LogP contribution in [0.1, 0.15) is 48.0 Å². The second-order valence-electron chi connectivity index (χ2n) is 7.63. The lowest BCUT2D eigenvalue weighted by molar-refractivity contribution is 0.295. The molecular weight excluding hydrogens is 354 g/mol. The van der Waals surface area contributed by atoms with E-state index >= 15 is 0 Å². The van der Waals surface area contributed by atoms with Gasteiger partial charge >= 0.3 is 0 Å². The van der Waals surface area contributed by atoms with Crippen molar-refractivity contribution < 1.29 is 0 Å². The molecule has 2 aromatic rings. The molecule has 2 aromatic heterocycles. The normalized spacial score (nSPS) is 18.9. The maximum atomic E-state index is 4.66. The van der Waals surface area contributed by atoms with Crippen molar-refractivity contribution in [2.75, 3.05) is 24.5 Å². The number of hydrogen-bond donors (Lipinski definition) is 0. The largest absolute Gasteiger partial charge is 0.363 e. The molecule has 4 rings (SSSR count). The first-order valence-corrected chi connectivity index (χ1v) is 10.4. The Morgan fingerprint density at radius 2 is 2.07 bits per heavy atom. The van der Waals surface area contributed by atoms with Crippen molar-refractivity contribution in [1.29, 1.82) is 0 Å². The highest BCUT2D eigenvalue weighted by Crippen LogP contribution is 2.48. The van der Waals surface area contributed by atoms with Crippen molar-refractivity contribution in [2.45, 2.75) is 45.6 Å². The van der Waals surface area contributed by atoms with Gasteiger partial charge in [0.15, 0.2) is 0 Å². The van der Waals surface area contributed by atoms with Gasteiger partial charge in [-0.25, -0.2) is 9.97 Å². The maximum Gasteiger partial charge on any atom is 0.139 e. The fourth-order valence-corrected chi connectivity index (χ4v) is 4.80. The molecular formula is C21H27N5S. The average molecular weight is 382 g/mol. The van der Waals surface area contributed by atoms with Gasteiger partial charge in [-0.15, -0.1) is 0 Å². The lowest BCUT2D eigenvalue weighted by Gasteiger charge is -2.35. The van der Waals surface area contributed by atoms with E-state index < -0.39 is 0 Å². The molecule has 6 heteroatoms. The van der Waals surface area contributed by atoms with E-state index in [9.17, 15) is 0 Å². The van der Waals surface area contributed by atoms with Gasteiger partial charge < -0.3 is 9.80 Å². The molecule has 2 aliphatic rings. The maximum absolute atomic E-state index is 4.66. The Kier molecular flexibility index (Phi) is 4.76. The zero-order chi connectivity index (χ0) is 19.0. The number of anilines is 1. The van der Waals surface area contributed by atoms with Crippen LogP contribution in [0.5, 0.6) is 0 Å². The Labute approximate surface area is 165 Å². The van der Waals surface area contributed by atoms with Crippen molar-refractivity contribution in [3.63, 3.8) is 0 Å². The van der Waals surface area contributed by atoms with Gasteiger partial charge in [-0.3, -0.25) is 0 Å². The van der Waals surface area contributed by atoms with Crippen molar-refractivity contribution in [3.05, 3.63) is 46.9 Å². The molecule has 0 N–H and O–H groups in total. The molecule has 1 saturated carbocycles. The van der Waals surface area contributed by atoms with Gasteiger partial charge in [-0.2, -0.15) is 4.37 Å². The summed E-state index contributed by atoms with van der Waals surface area (Å²) in [6.07, 6.45) is 9.41. The van der Waals surface area contributed by atoms with Crippen LogP contribution in [0.3, 0.4) is 0 Å². The van der Waals surface area contributed by atoms with Crippen LogP contribution in [-0.2, 0) is 0 Å². The van der Waals surface area contributed by atoms with E-state index in [2.05, 4.69) is 55.9 Å². The molecule has 0 amide bonds. The number of aromatic nitrogens is 3. The molecule has 1 aliphatic heterocycles. The lowest BCUT2D eigenvalue weighted by Crippen LogP contribution is -2.42. The van der Waals surface area contributed by atoms with Crippen molar-refractivity contribution in [1.82, 2.24) is 19.2 Å². The summed E-state index contributed by atoms with van der Waals surface area (Å²) in [7, 11) is 0. The van der Waals surface area contributed by atoms with E-state index in [1.165, 1.54) is 17.7 Å². The molecule has 0 unspecified atom stereocenters. The van der Waals surface area contributed by atoms with E-state index in [1.54, 1.807) is 17.9 Å². The van der Waals surface area contributed by atoms with Crippen LogP contribution in [0.4, 0.5) is 5.82 Å². The Morgan fingerprint density at radius 3 is 2.74 bits per heavy atom. The van der Waals surface area contributed by atoms with E-state index in [4.69, 9.17) is 0 Å². The molecule has 0 bridgehead atoms. The zero-order valence-corrected chi connectivity index (χ0v) is 17.2. The van der Waals surface area contributed by atoms with Gasteiger partial charge in [-0.05, 0) is 57.6 Å². The van der Waals surface area contributed by atoms with Gasteiger partial charge in [0, 0.05) is 30.9 Å². The number of nitrogens with zero attached hydrogens (tertiary/aromatic N) is 5. The van der Waals surface area contributed by atoms with E-state index in [0.29, 0.717) is 0 Å². The van der Waals surface area contributed by atoms with Gasteiger partial charge in [0.25, 0.3) is 0 Å². The molecule has 1 spiro atoms. The standard InChI is InChI=1S/C21H27N5S/c1-5-7-18-16(3)22-14-23-20(18)25-10-6-11-26(21(13-25)8-9-21)17(4)19-12-15(2)24-27-19/h5,7,12,14H,4,6,8-11,13H2,1-3H3/b7-5-. The molecule has 3 heterocycles. The summed E-state index contributed by atoms with van der Waals surface area (Å²) < 4.78 is 4.45. The molecule has 2 fully saturated rings. The summed E-state index contributed by atoms with van der Waals surface area (Å²) in [5.74, 6) is 1.06. The van der Waals surface area contributed by atoms with Crippen LogP contribution in [0.25, 0.3) is 11.8 Å². The highest BCUT2D eigenvalue weighted by atomic mass is 32.1. The highest BCUT2D eigenvalue weighted by molar-refractivity contribution is 7.07. The number of allylic oxidation sites excluding steroid dienone is 1. The highest BCUT2D eigenvalue weighted by Gasteiger charge is 2.51. The summed E-state index contributed by atoms with van der Waals surface area (Å²) in [5.41, 5.74) is 4.56. The van der Waals surface area contributed by atoms with Gasteiger partial charge in [0.2, 0.25) is 0 Å². The fourth-order valence-electron chi connectivity index (χ4n) is 4.07. The summed E-state index contributed by atoms with van der Waals surface area (Å²) in [6.45, 7) is 13.6. The Morgan fingerprint density at radius 1 is 1.26 bits per heavy atom. The summed E-state index contributed by atoms with van der Waals surface area (Å²) in [6, 6.07) is 2.16. The summed E-state index contributed by atoms with van der Waals surface area (Å²) in [5, 5.41) is 0. The molecule has 0 radical (unpaired) electrons. The second kappa shape index (κ2) is 7.08. The molecule has 1 saturated heterocycles. The zero-order valence-electron chi connectivity index (χ0n) is 16.4. The lowest BCUT2D eigenvalue weighted by atomic mass is 10.1. The first-order valence-electron chi connectivity index (χ1n) is 9.63. The van der Waals surface area contributed by atoms with Crippen LogP contribution in [0.15, 0.2) is 25.0 Å². The second-order valence-corrected chi connectivity index (χ2v) is 8.43. The van der Waals surface area contributed by atoms with E-state index in [0.717, 1.165) is 54.5 Å². The smallest absolute Gasteiger partial charge is 0.139 e. The van der Waals surface area contributed by atoms with Crippen molar-refractivity contribution >= 4 is 29.1 Å². The van der Waals surface area contributed by atoms with Gasteiger partial charge in [0.1, 0.15) is 12.1 Å². The van der Waals surface area contributed by atoms with Crippen molar-refractivity contribution in [2.24, 2.45) is 0 Å². The minimum atomic E-state index is 0.178. The SMILES string of the molecule is C=C(c1cc(C)ns1)N1CCCN(c2ncnc(C)c2/C=C\C)CC12CC2. The van der Waals surface area contributed by atoms with Crippen molar-refractivity contribution in [3.8, 4) is 0 Å². The number of aryl methyl sites for hydroxylation is 2. The Balaban J connectivity index is 1.63. The van der Waals surface area contributed by atoms with Gasteiger partial charge in [0.05, 0.1) is 21.8 Å². The topological polar surface area (TPSA) is 45.2 Å². The first-order chi connectivity index (χ1) is 13.0. The average Bonchev–Trinajstić information content (AvgIpc) is 3.35. The van der Waals surface area contributed by atoms with Crippen LogP contribution in [-0.4, -0.2) is 44.4 Å². The summed E-state index contributed by atoms with van der Waals surface area (Å²) in [4.78, 5) is 15.3. The molecule has 1 aliphatic carbocycles. The summed E-state index contributed by atoms with van der Waals surface area (Å²) >= 11 is 1.56. The minimum Gasteiger partial charge on any atom is -0.363 e. The number of hydrogen-bond acceptors (Lipinski definition) is 6. The molecule has 0 aromatic carbocycles. The molecule has 5 nitrogen and oxygen atoms in total. The minimum absolute atomic E-state index is 0.178. The Hall–Kier alpha value is -2.21. The quantitative estimate of drug-likeness (QED) is 0.790. The predicted octanol–water partition coefficient (Wildman–Crippen LogP) is 4.30. The first kappa shape index (κ1) is 18.2. The Bertz CT molecular complexity index is 880. The third-order valence-electron chi connectivity index (χ3n) is 5.63. The van der Waals surface area contributed by atoms with Crippen LogP contribution in [0.2, 0.25) is 0 Å². The van der Waals surface area contributed by atoms with Crippen LogP contribution >= 0.6 is 11.5 Å². The molecule has 27 heavy (non-hydrogen) atoms. The molecule has 142 valence electrons. The van der Waals surface area contributed by atoms with E-state index in [-0.39, 0.29) is 5.54 Å². The van der Waals surface area contributed by atoms with E-state index in [1.807, 2.05) is 13.8 Å². The number of rotatable bonds is 4. The van der Waals surface area contributed by atoms with Crippen LogP contribution in [0, 0.1) is 13.8 Å². The van der Waals surface area contributed by atoms with Crippen LogP contribution < -0.4 is 4.90 Å². The third-order valence-corrected chi connectivity index (χ3v) is 6.56. The molecule has 0 atom stereocenters. The van der Waals surface area contributed by atoms with Gasteiger partial charge in [-0.1, -0.05) is 18.7 Å². The fraction of sp³-hybridized carbons (Fsp3) is 0.476. The predicted molar refractivity (Wildman–Crippen MR) is 113 cm³/mol.